The van der Waals surface area contributed by atoms with Crippen LogP contribution >= 0.6 is 0 Å². The molecule has 3 rings (SSSR count). The number of rotatable bonds is 3. The van der Waals surface area contributed by atoms with Crippen molar-refractivity contribution in [2.75, 3.05) is 12.4 Å². The highest BCUT2D eigenvalue weighted by Crippen LogP contribution is 2.37. The predicted molar refractivity (Wildman–Crippen MR) is 87.6 cm³/mol. The molecule has 0 saturated carbocycles. The number of aryl methyl sites for hydroxylation is 1. The van der Waals surface area contributed by atoms with E-state index < -0.39 is 12.0 Å². The average molecular weight is 327 g/mol. The smallest absolute Gasteiger partial charge is 0.231 e. The lowest BCUT2D eigenvalue weighted by Gasteiger charge is -2.24. The lowest BCUT2D eigenvalue weighted by atomic mass is 9.93. The lowest BCUT2D eigenvalue weighted by Crippen LogP contribution is -2.30. The molecular weight excluding hydrogens is 309 g/mol. The van der Waals surface area contributed by atoms with Gasteiger partial charge in [-0.1, -0.05) is 18.2 Å². The van der Waals surface area contributed by atoms with E-state index in [0.717, 1.165) is 11.3 Å². The molecule has 1 saturated heterocycles. The van der Waals surface area contributed by atoms with Gasteiger partial charge in [0, 0.05) is 19.2 Å². The van der Waals surface area contributed by atoms with Crippen LogP contribution in [0.1, 0.15) is 23.7 Å². The molecular formula is C18H18FN3O2. The number of likely N-dealkylation sites (tertiary alicyclic amines) is 1. The van der Waals surface area contributed by atoms with E-state index in [1.165, 1.54) is 12.1 Å². The minimum atomic E-state index is -0.546. The Morgan fingerprint density at radius 3 is 2.62 bits per heavy atom. The van der Waals surface area contributed by atoms with Gasteiger partial charge in [-0.2, -0.15) is 0 Å². The van der Waals surface area contributed by atoms with E-state index >= 15 is 0 Å². The number of nitrogens with zero attached hydrogens (tertiary/aromatic N) is 2. The quantitative estimate of drug-likeness (QED) is 0.943. The van der Waals surface area contributed by atoms with Crippen molar-refractivity contribution in [2.45, 2.75) is 19.4 Å². The van der Waals surface area contributed by atoms with E-state index in [-0.39, 0.29) is 24.1 Å². The Labute approximate surface area is 139 Å². The Balaban J connectivity index is 1.85. The van der Waals surface area contributed by atoms with Crippen LogP contribution in [0.5, 0.6) is 0 Å². The molecule has 2 aromatic rings. The molecule has 6 heteroatoms. The number of anilines is 1. The van der Waals surface area contributed by atoms with Crippen molar-refractivity contribution in [3.05, 3.63) is 59.5 Å². The first-order valence-corrected chi connectivity index (χ1v) is 7.71. The van der Waals surface area contributed by atoms with Gasteiger partial charge in [-0.05, 0) is 36.8 Å². The Bertz CT molecular complexity index is 776. The molecule has 1 aromatic heterocycles. The summed E-state index contributed by atoms with van der Waals surface area (Å²) in [6.07, 6.45) is 0.121. The largest absolute Gasteiger partial charge is 0.338 e. The normalized spacial score (nSPS) is 20.3. The second-order valence-electron chi connectivity index (χ2n) is 5.97. The monoisotopic (exact) mass is 327 g/mol. The Hall–Kier alpha value is -2.76. The second-order valence-corrected chi connectivity index (χ2v) is 5.97. The summed E-state index contributed by atoms with van der Waals surface area (Å²) in [5.41, 5.74) is 1.53. The molecule has 1 aliphatic rings. The molecule has 2 heterocycles. The summed E-state index contributed by atoms with van der Waals surface area (Å²) in [6, 6.07) is 10.8. The maximum atomic E-state index is 13.2. The number of hydrogen-bond acceptors (Lipinski definition) is 3. The van der Waals surface area contributed by atoms with Crippen LogP contribution in [0.15, 0.2) is 42.5 Å². The third-order valence-corrected chi connectivity index (χ3v) is 4.27. The third-order valence-electron chi connectivity index (χ3n) is 4.27. The molecule has 0 aliphatic carbocycles. The fourth-order valence-electron chi connectivity index (χ4n) is 3.05. The van der Waals surface area contributed by atoms with Crippen LogP contribution in [0.3, 0.4) is 0 Å². The van der Waals surface area contributed by atoms with Crippen LogP contribution in [0.2, 0.25) is 0 Å². The number of amides is 2. The van der Waals surface area contributed by atoms with Gasteiger partial charge in [0.15, 0.2) is 0 Å². The summed E-state index contributed by atoms with van der Waals surface area (Å²) >= 11 is 0. The second kappa shape index (κ2) is 6.39. The zero-order valence-electron chi connectivity index (χ0n) is 13.5. The fraction of sp³-hybridized carbons (Fsp3) is 0.278. The first kappa shape index (κ1) is 16.1. The van der Waals surface area contributed by atoms with Crippen molar-refractivity contribution in [1.82, 2.24) is 9.88 Å². The minimum Gasteiger partial charge on any atom is -0.338 e. The van der Waals surface area contributed by atoms with Crippen LogP contribution < -0.4 is 5.32 Å². The number of aromatic nitrogens is 1. The minimum absolute atomic E-state index is 0.110. The average Bonchev–Trinajstić information content (AvgIpc) is 2.84. The highest BCUT2D eigenvalue weighted by molar-refractivity contribution is 5.97. The van der Waals surface area contributed by atoms with E-state index in [1.54, 1.807) is 36.2 Å². The van der Waals surface area contributed by atoms with Crippen molar-refractivity contribution >= 4 is 17.6 Å². The van der Waals surface area contributed by atoms with Gasteiger partial charge in [-0.15, -0.1) is 0 Å². The first-order chi connectivity index (χ1) is 11.5. The van der Waals surface area contributed by atoms with Crippen LogP contribution in [0.4, 0.5) is 10.2 Å². The molecule has 5 nitrogen and oxygen atoms in total. The van der Waals surface area contributed by atoms with E-state index in [1.807, 2.05) is 13.0 Å². The zero-order chi connectivity index (χ0) is 17.3. The van der Waals surface area contributed by atoms with Crippen molar-refractivity contribution in [3.8, 4) is 0 Å². The molecule has 0 unspecified atom stereocenters. The molecule has 0 radical (unpaired) electrons. The standard InChI is InChI=1S/C18H18FN3O2/c1-11-4-3-5-15(20-11)21-18(24)14-10-16(23)22(2)17(14)12-6-8-13(19)9-7-12/h3-9,14,17H,10H2,1-2H3,(H,20,21,24)/t14-,17-/m1/s1. The van der Waals surface area contributed by atoms with Gasteiger partial charge in [-0.3, -0.25) is 9.59 Å². The summed E-state index contributed by atoms with van der Waals surface area (Å²) < 4.78 is 13.2. The van der Waals surface area contributed by atoms with Gasteiger partial charge in [0.05, 0.1) is 12.0 Å². The van der Waals surface area contributed by atoms with E-state index in [2.05, 4.69) is 10.3 Å². The third kappa shape index (κ3) is 3.13. The lowest BCUT2D eigenvalue weighted by molar-refractivity contribution is -0.127. The van der Waals surface area contributed by atoms with Crippen molar-refractivity contribution in [1.29, 1.82) is 0 Å². The molecule has 1 fully saturated rings. The van der Waals surface area contributed by atoms with Crippen molar-refractivity contribution in [3.63, 3.8) is 0 Å². The molecule has 1 aromatic carbocycles. The van der Waals surface area contributed by atoms with Crippen LogP contribution in [-0.2, 0) is 9.59 Å². The predicted octanol–water partition coefficient (Wildman–Crippen LogP) is 2.69. The number of nitrogens with one attached hydrogen (secondary N) is 1. The number of carbonyl (C=O) groups is 2. The molecule has 1 aliphatic heterocycles. The highest BCUT2D eigenvalue weighted by Gasteiger charge is 2.42. The van der Waals surface area contributed by atoms with Crippen LogP contribution in [0, 0.1) is 18.7 Å². The summed E-state index contributed by atoms with van der Waals surface area (Å²) in [5, 5.41) is 2.77. The fourth-order valence-corrected chi connectivity index (χ4v) is 3.05. The Morgan fingerprint density at radius 1 is 1.25 bits per heavy atom. The Kier molecular flexibility index (Phi) is 4.29. The number of pyridine rings is 1. The van der Waals surface area contributed by atoms with Crippen LogP contribution in [-0.4, -0.2) is 28.7 Å². The van der Waals surface area contributed by atoms with E-state index in [0.29, 0.717) is 5.82 Å². The SMILES string of the molecule is Cc1cccc(NC(=O)[C@@H]2CC(=O)N(C)[C@@H]2c2ccc(F)cc2)n1. The maximum Gasteiger partial charge on any atom is 0.231 e. The molecule has 0 spiro atoms. The summed E-state index contributed by atoms with van der Waals surface area (Å²) in [4.78, 5) is 30.6. The van der Waals surface area contributed by atoms with E-state index in [4.69, 9.17) is 0 Å². The zero-order valence-corrected chi connectivity index (χ0v) is 13.5. The molecule has 1 N–H and O–H groups in total. The summed E-state index contributed by atoms with van der Waals surface area (Å²) in [7, 11) is 1.66. The molecule has 24 heavy (non-hydrogen) atoms. The van der Waals surface area contributed by atoms with E-state index in [9.17, 15) is 14.0 Å². The number of benzene rings is 1. The van der Waals surface area contributed by atoms with Gasteiger partial charge >= 0.3 is 0 Å². The number of carbonyl (C=O) groups excluding carboxylic acids is 2. The molecule has 0 bridgehead atoms. The van der Waals surface area contributed by atoms with Crippen molar-refractivity contribution < 1.29 is 14.0 Å². The summed E-state index contributed by atoms with van der Waals surface area (Å²) in [5.74, 6) is -0.812. The molecule has 2 atom stereocenters. The van der Waals surface area contributed by atoms with Crippen LogP contribution in [0.25, 0.3) is 0 Å². The number of halogens is 1. The Morgan fingerprint density at radius 2 is 1.96 bits per heavy atom. The molecule has 2 amide bonds. The van der Waals surface area contributed by atoms with Gasteiger partial charge in [0.2, 0.25) is 11.8 Å². The first-order valence-electron chi connectivity index (χ1n) is 7.71. The van der Waals surface area contributed by atoms with Gasteiger partial charge < -0.3 is 10.2 Å². The van der Waals surface area contributed by atoms with Gasteiger partial charge in [0.1, 0.15) is 11.6 Å². The maximum absolute atomic E-state index is 13.2. The number of hydrogen-bond donors (Lipinski definition) is 1. The van der Waals surface area contributed by atoms with Gasteiger partial charge in [0.25, 0.3) is 0 Å². The topological polar surface area (TPSA) is 62.3 Å². The van der Waals surface area contributed by atoms with Crippen molar-refractivity contribution in [2.24, 2.45) is 5.92 Å². The molecule has 124 valence electrons. The highest BCUT2D eigenvalue weighted by atomic mass is 19.1. The van der Waals surface area contributed by atoms with Gasteiger partial charge in [-0.25, -0.2) is 9.37 Å². The summed E-state index contributed by atoms with van der Waals surface area (Å²) in [6.45, 7) is 1.84.